The average molecular weight is 348 g/mol. The second-order valence-corrected chi connectivity index (χ2v) is 6.93. The standard InChI is InChI=1S/C20H24N6/c1-12(21)11-22-13(2)18(19-23-14-7-3-4-8-15(14)24-19)20-25-16-9-5-6-10-17(16)26-20/h3-10,12-13,18,22H,11,21H2,1-2H3,(H,23,24)(H,25,26)/t12?,13-/m1/s1. The average Bonchev–Trinajstić information content (AvgIpc) is 3.23. The number of aromatic amines is 2. The Morgan fingerprint density at radius 2 is 1.38 bits per heavy atom. The molecule has 0 spiro atoms. The molecule has 0 aliphatic rings. The summed E-state index contributed by atoms with van der Waals surface area (Å²) < 4.78 is 0. The zero-order valence-electron chi connectivity index (χ0n) is 15.0. The van der Waals surface area contributed by atoms with Gasteiger partial charge in [-0.3, -0.25) is 0 Å². The lowest BCUT2D eigenvalue weighted by atomic mass is 9.99. The van der Waals surface area contributed by atoms with Gasteiger partial charge in [-0.15, -0.1) is 0 Å². The third kappa shape index (κ3) is 3.21. The molecule has 6 nitrogen and oxygen atoms in total. The van der Waals surface area contributed by atoms with Crippen LogP contribution in [-0.2, 0) is 0 Å². The maximum absolute atomic E-state index is 5.93. The largest absolute Gasteiger partial charge is 0.341 e. The molecule has 4 aromatic rings. The topological polar surface area (TPSA) is 95.4 Å². The van der Waals surface area contributed by atoms with Crippen LogP contribution in [0.1, 0.15) is 31.4 Å². The monoisotopic (exact) mass is 348 g/mol. The minimum absolute atomic E-state index is 0.0338. The van der Waals surface area contributed by atoms with Gasteiger partial charge < -0.3 is 21.0 Å². The zero-order chi connectivity index (χ0) is 18.1. The minimum Gasteiger partial charge on any atom is -0.341 e. The highest BCUT2D eigenvalue weighted by Gasteiger charge is 2.27. The molecule has 6 heteroatoms. The number of hydrogen-bond acceptors (Lipinski definition) is 4. The number of nitrogens with one attached hydrogen (secondary N) is 3. The van der Waals surface area contributed by atoms with Crippen LogP contribution in [0, 0.1) is 0 Å². The van der Waals surface area contributed by atoms with Gasteiger partial charge in [0.15, 0.2) is 0 Å². The second kappa shape index (κ2) is 6.90. The highest BCUT2D eigenvalue weighted by Crippen LogP contribution is 2.27. The van der Waals surface area contributed by atoms with Crippen LogP contribution in [0.25, 0.3) is 22.1 Å². The highest BCUT2D eigenvalue weighted by molar-refractivity contribution is 5.76. The molecule has 0 amide bonds. The molecule has 5 N–H and O–H groups in total. The van der Waals surface area contributed by atoms with Crippen molar-refractivity contribution in [1.29, 1.82) is 0 Å². The summed E-state index contributed by atoms with van der Waals surface area (Å²) >= 11 is 0. The highest BCUT2D eigenvalue weighted by atomic mass is 15.0. The predicted molar refractivity (Wildman–Crippen MR) is 105 cm³/mol. The molecule has 0 saturated carbocycles. The number of aromatic nitrogens is 4. The van der Waals surface area contributed by atoms with Crippen molar-refractivity contribution in [2.75, 3.05) is 6.54 Å². The Labute approximate surface area is 152 Å². The number of benzene rings is 2. The number of imidazole rings is 2. The van der Waals surface area contributed by atoms with Crippen LogP contribution in [-0.4, -0.2) is 38.6 Å². The van der Waals surface area contributed by atoms with Crippen LogP contribution >= 0.6 is 0 Å². The van der Waals surface area contributed by atoms with Gasteiger partial charge in [-0.2, -0.15) is 0 Å². The van der Waals surface area contributed by atoms with Crippen molar-refractivity contribution in [3.05, 3.63) is 60.2 Å². The summed E-state index contributed by atoms with van der Waals surface area (Å²) in [7, 11) is 0. The number of H-pyrrole nitrogens is 2. The number of nitrogens with zero attached hydrogens (tertiary/aromatic N) is 2. The first kappa shape index (κ1) is 16.8. The van der Waals surface area contributed by atoms with Crippen LogP contribution in [0.15, 0.2) is 48.5 Å². The lowest BCUT2D eigenvalue weighted by Gasteiger charge is -2.22. The molecule has 134 valence electrons. The van der Waals surface area contributed by atoms with Crippen LogP contribution in [0.2, 0.25) is 0 Å². The van der Waals surface area contributed by atoms with Gasteiger partial charge in [0.1, 0.15) is 11.6 Å². The van der Waals surface area contributed by atoms with Gasteiger partial charge in [-0.1, -0.05) is 24.3 Å². The van der Waals surface area contributed by atoms with E-state index in [4.69, 9.17) is 15.7 Å². The first-order chi connectivity index (χ1) is 12.6. The molecule has 4 rings (SSSR count). The first-order valence-corrected chi connectivity index (χ1v) is 9.00. The molecule has 0 radical (unpaired) electrons. The summed E-state index contributed by atoms with van der Waals surface area (Å²) in [6.07, 6.45) is 0. The van der Waals surface area contributed by atoms with Gasteiger partial charge in [-0.05, 0) is 38.1 Å². The molecule has 0 bridgehead atoms. The van der Waals surface area contributed by atoms with Crippen LogP contribution in [0.5, 0.6) is 0 Å². The third-order valence-electron chi connectivity index (χ3n) is 4.67. The third-order valence-corrected chi connectivity index (χ3v) is 4.67. The fourth-order valence-electron chi connectivity index (χ4n) is 3.33. The fourth-order valence-corrected chi connectivity index (χ4v) is 3.33. The van der Waals surface area contributed by atoms with Crippen molar-refractivity contribution < 1.29 is 0 Å². The number of nitrogens with two attached hydrogens (primary N) is 1. The molecule has 2 aromatic carbocycles. The van der Waals surface area contributed by atoms with Crippen molar-refractivity contribution in [3.63, 3.8) is 0 Å². The van der Waals surface area contributed by atoms with E-state index in [9.17, 15) is 0 Å². The molecule has 0 aliphatic carbocycles. The van der Waals surface area contributed by atoms with E-state index in [0.29, 0.717) is 0 Å². The van der Waals surface area contributed by atoms with E-state index in [2.05, 4.69) is 22.2 Å². The quantitative estimate of drug-likeness (QED) is 0.431. The summed E-state index contributed by atoms with van der Waals surface area (Å²) in [6.45, 7) is 4.88. The maximum atomic E-state index is 5.93. The molecule has 0 saturated heterocycles. The molecule has 2 aromatic heterocycles. The molecular formula is C20H24N6. The Bertz CT molecular complexity index is 875. The van der Waals surface area contributed by atoms with Crippen molar-refractivity contribution in [2.45, 2.75) is 31.8 Å². The molecule has 1 unspecified atom stereocenters. The Morgan fingerprint density at radius 1 is 0.885 bits per heavy atom. The van der Waals surface area contributed by atoms with Gasteiger partial charge in [0, 0.05) is 18.6 Å². The summed E-state index contributed by atoms with van der Waals surface area (Å²) in [5, 5.41) is 3.52. The van der Waals surface area contributed by atoms with Gasteiger partial charge in [0.05, 0.1) is 28.0 Å². The van der Waals surface area contributed by atoms with E-state index in [1.165, 1.54) is 0 Å². The molecular weight excluding hydrogens is 324 g/mol. The van der Waals surface area contributed by atoms with E-state index in [1.54, 1.807) is 0 Å². The van der Waals surface area contributed by atoms with Crippen LogP contribution < -0.4 is 11.1 Å². The molecule has 0 fully saturated rings. The normalized spacial score (nSPS) is 14.3. The van der Waals surface area contributed by atoms with Crippen molar-refractivity contribution in [3.8, 4) is 0 Å². The van der Waals surface area contributed by atoms with E-state index in [0.717, 1.165) is 40.3 Å². The Hall–Kier alpha value is -2.70. The summed E-state index contributed by atoms with van der Waals surface area (Å²) in [5.41, 5.74) is 9.91. The number of hydrogen-bond donors (Lipinski definition) is 4. The van der Waals surface area contributed by atoms with Crippen molar-refractivity contribution in [2.24, 2.45) is 5.73 Å². The van der Waals surface area contributed by atoms with E-state index < -0.39 is 0 Å². The van der Waals surface area contributed by atoms with Gasteiger partial charge >= 0.3 is 0 Å². The molecule has 2 heterocycles. The Morgan fingerprint density at radius 3 is 1.85 bits per heavy atom. The summed E-state index contributed by atoms with van der Waals surface area (Å²) in [5.74, 6) is 1.76. The summed E-state index contributed by atoms with van der Waals surface area (Å²) in [4.78, 5) is 16.6. The first-order valence-electron chi connectivity index (χ1n) is 9.00. The van der Waals surface area contributed by atoms with Gasteiger partial charge in [0.2, 0.25) is 0 Å². The zero-order valence-corrected chi connectivity index (χ0v) is 15.0. The van der Waals surface area contributed by atoms with Gasteiger partial charge in [0.25, 0.3) is 0 Å². The Kier molecular flexibility index (Phi) is 4.44. The molecule has 2 atom stereocenters. The maximum Gasteiger partial charge on any atom is 0.119 e. The molecule has 26 heavy (non-hydrogen) atoms. The SMILES string of the molecule is CC(N)CN[C@H](C)C(c1nc2ccccc2[nH]1)c1nc2ccccc2[nH]1. The molecule has 0 aliphatic heterocycles. The number of rotatable bonds is 6. The lowest BCUT2D eigenvalue weighted by molar-refractivity contribution is 0.460. The smallest absolute Gasteiger partial charge is 0.119 e. The van der Waals surface area contributed by atoms with E-state index in [1.807, 2.05) is 55.5 Å². The van der Waals surface area contributed by atoms with Crippen LogP contribution in [0.4, 0.5) is 0 Å². The number of para-hydroxylation sites is 4. The second-order valence-electron chi connectivity index (χ2n) is 6.93. The van der Waals surface area contributed by atoms with Crippen molar-refractivity contribution >= 4 is 22.1 Å². The number of fused-ring (bicyclic) bond motifs is 2. The van der Waals surface area contributed by atoms with Crippen LogP contribution in [0.3, 0.4) is 0 Å². The summed E-state index contributed by atoms with van der Waals surface area (Å²) in [6, 6.07) is 16.4. The Balaban J connectivity index is 1.77. The van der Waals surface area contributed by atoms with Gasteiger partial charge in [-0.25, -0.2) is 9.97 Å². The minimum atomic E-state index is -0.0338. The predicted octanol–water partition coefficient (Wildman–Crippen LogP) is 2.90. The fraction of sp³-hybridized carbons (Fsp3) is 0.300. The lowest BCUT2D eigenvalue weighted by Crippen LogP contribution is -2.40. The van der Waals surface area contributed by atoms with E-state index >= 15 is 0 Å². The van der Waals surface area contributed by atoms with E-state index in [-0.39, 0.29) is 18.0 Å². The van der Waals surface area contributed by atoms with Crippen molar-refractivity contribution in [1.82, 2.24) is 25.3 Å².